The van der Waals surface area contributed by atoms with Crippen molar-refractivity contribution in [2.75, 3.05) is 0 Å². The van der Waals surface area contributed by atoms with Gasteiger partial charge in [0.15, 0.2) is 0 Å². The molecule has 9 heteroatoms. The Morgan fingerprint density at radius 2 is 1.90 bits per heavy atom. The third-order valence-electron chi connectivity index (χ3n) is 4.48. The van der Waals surface area contributed by atoms with Gasteiger partial charge in [0.1, 0.15) is 22.9 Å². The average Bonchev–Trinajstić information content (AvgIpc) is 3.26. The maximum Gasteiger partial charge on any atom is 0.282 e. The van der Waals surface area contributed by atoms with Crippen LogP contribution in [0.25, 0.3) is 0 Å². The molecule has 0 radical (unpaired) electrons. The summed E-state index contributed by atoms with van der Waals surface area (Å²) in [6, 6.07) is 11.7. The molecule has 146 valence electrons. The van der Waals surface area contributed by atoms with Crippen LogP contribution in [0.1, 0.15) is 37.0 Å². The van der Waals surface area contributed by atoms with Crippen molar-refractivity contribution in [1.82, 2.24) is 9.88 Å². The van der Waals surface area contributed by atoms with Crippen molar-refractivity contribution in [3.8, 4) is 5.75 Å². The number of imide groups is 1. The van der Waals surface area contributed by atoms with Crippen LogP contribution in [0, 0.1) is 17.0 Å². The molecule has 0 bridgehead atoms. The summed E-state index contributed by atoms with van der Waals surface area (Å²) in [5.41, 5.74) is 1.17. The smallest absolute Gasteiger partial charge is 0.282 e. The van der Waals surface area contributed by atoms with Gasteiger partial charge in [0, 0.05) is 11.4 Å². The molecule has 1 aliphatic rings. The van der Waals surface area contributed by atoms with Crippen LogP contribution in [-0.2, 0) is 13.2 Å². The van der Waals surface area contributed by atoms with E-state index in [0.29, 0.717) is 10.7 Å². The molecular formula is C20H15N3O5S. The summed E-state index contributed by atoms with van der Waals surface area (Å²) < 4.78 is 5.69. The van der Waals surface area contributed by atoms with Crippen LogP contribution in [0.3, 0.4) is 0 Å². The molecule has 8 nitrogen and oxygen atoms in total. The molecule has 0 spiro atoms. The lowest BCUT2D eigenvalue weighted by atomic mass is 10.1. The number of carbonyl (C=O) groups is 2. The van der Waals surface area contributed by atoms with Crippen molar-refractivity contribution in [3.05, 3.63) is 85.4 Å². The van der Waals surface area contributed by atoms with Gasteiger partial charge in [-0.15, -0.1) is 11.3 Å². The van der Waals surface area contributed by atoms with E-state index in [-0.39, 0.29) is 30.0 Å². The maximum atomic E-state index is 12.6. The Balaban J connectivity index is 1.47. The number of nitrogens with zero attached hydrogens (tertiary/aromatic N) is 3. The van der Waals surface area contributed by atoms with Gasteiger partial charge >= 0.3 is 0 Å². The van der Waals surface area contributed by atoms with Gasteiger partial charge in [0.05, 0.1) is 22.7 Å². The highest BCUT2D eigenvalue weighted by Gasteiger charge is 2.41. The van der Waals surface area contributed by atoms with Gasteiger partial charge in [-0.25, -0.2) is 4.98 Å². The minimum absolute atomic E-state index is 0.0438. The van der Waals surface area contributed by atoms with E-state index < -0.39 is 16.7 Å². The first-order chi connectivity index (χ1) is 13.9. The van der Waals surface area contributed by atoms with Crippen molar-refractivity contribution in [2.45, 2.75) is 20.1 Å². The van der Waals surface area contributed by atoms with Gasteiger partial charge in [-0.05, 0) is 25.1 Å². The first kappa shape index (κ1) is 18.8. The second-order valence-electron chi connectivity index (χ2n) is 6.49. The zero-order valence-corrected chi connectivity index (χ0v) is 16.1. The molecule has 1 aliphatic heterocycles. The number of thiazole rings is 1. The van der Waals surface area contributed by atoms with Crippen molar-refractivity contribution in [1.29, 1.82) is 0 Å². The molecule has 0 unspecified atom stereocenters. The van der Waals surface area contributed by atoms with Crippen molar-refractivity contribution in [2.24, 2.45) is 0 Å². The summed E-state index contributed by atoms with van der Waals surface area (Å²) in [4.78, 5) is 41.1. The largest absolute Gasteiger partial charge is 0.486 e. The van der Waals surface area contributed by atoms with Crippen LogP contribution in [0.2, 0.25) is 0 Å². The lowest BCUT2D eigenvalue weighted by Crippen LogP contribution is -2.29. The van der Waals surface area contributed by atoms with Crippen LogP contribution >= 0.6 is 11.3 Å². The van der Waals surface area contributed by atoms with Crippen LogP contribution < -0.4 is 4.74 Å². The van der Waals surface area contributed by atoms with Crippen LogP contribution in [0.15, 0.2) is 47.8 Å². The van der Waals surface area contributed by atoms with Crippen LogP contribution in [0.5, 0.6) is 5.75 Å². The number of benzene rings is 2. The van der Waals surface area contributed by atoms with E-state index >= 15 is 0 Å². The standard InChI is InChI=1S/C20H15N3O5S/c1-12-5-7-14(8-6-12)28-10-17-21-13(11-29-17)9-22-19(24)15-3-2-4-16(23(26)27)18(15)20(22)25/h2-8,11H,9-10H2,1H3. The van der Waals surface area contributed by atoms with E-state index in [1.807, 2.05) is 31.2 Å². The van der Waals surface area contributed by atoms with E-state index in [1.54, 1.807) is 5.38 Å². The summed E-state index contributed by atoms with van der Waals surface area (Å²) in [6.45, 7) is 2.20. The number of ether oxygens (including phenoxy) is 1. The van der Waals surface area contributed by atoms with E-state index in [2.05, 4.69) is 4.98 Å². The third-order valence-corrected chi connectivity index (χ3v) is 5.35. The second-order valence-corrected chi connectivity index (χ2v) is 7.43. The Hall–Kier alpha value is -3.59. The third kappa shape index (κ3) is 3.59. The normalized spacial score (nSPS) is 12.9. The van der Waals surface area contributed by atoms with E-state index in [1.165, 1.54) is 29.5 Å². The molecule has 29 heavy (non-hydrogen) atoms. The lowest BCUT2D eigenvalue weighted by Gasteiger charge is -2.11. The molecule has 0 N–H and O–H groups in total. The molecule has 1 aromatic heterocycles. The van der Waals surface area contributed by atoms with Gasteiger partial charge < -0.3 is 4.74 Å². The Morgan fingerprint density at radius 3 is 2.62 bits per heavy atom. The zero-order chi connectivity index (χ0) is 20.5. The number of hydrogen-bond acceptors (Lipinski definition) is 7. The monoisotopic (exact) mass is 409 g/mol. The number of nitro groups is 1. The highest BCUT2D eigenvalue weighted by molar-refractivity contribution is 7.09. The van der Waals surface area contributed by atoms with Gasteiger partial charge in [-0.1, -0.05) is 23.8 Å². The number of rotatable bonds is 6. The number of nitro benzene ring substituents is 1. The molecule has 4 rings (SSSR count). The number of amides is 2. The zero-order valence-electron chi connectivity index (χ0n) is 15.3. The molecule has 2 amide bonds. The molecule has 2 heterocycles. The fraction of sp³-hybridized carbons (Fsp3) is 0.150. The first-order valence-electron chi connectivity index (χ1n) is 8.70. The fourth-order valence-electron chi connectivity index (χ4n) is 3.04. The van der Waals surface area contributed by atoms with E-state index in [4.69, 9.17) is 4.74 Å². The summed E-state index contributed by atoms with van der Waals surface area (Å²) in [5, 5.41) is 13.6. The number of fused-ring (bicyclic) bond motifs is 1. The predicted molar refractivity (Wildman–Crippen MR) is 105 cm³/mol. The number of hydrogen-bond donors (Lipinski definition) is 0. The van der Waals surface area contributed by atoms with Crippen molar-refractivity contribution in [3.63, 3.8) is 0 Å². The van der Waals surface area contributed by atoms with Crippen molar-refractivity contribution < 1.29 is 19.2 Å². The summed E-state index contributed by atoms with van der Waals surface area (Å²) >= 11 is 1.36. The average molecular weight is 409 g/mol. The molecule has 2 aromatic carbocycles. The Labute approximate surface area is 169 Å². The number of carbonyl (C=O) groups excluding carboxylic acids is 2. The van der Waals surface area contributed by atoms with Gasteiger partial charge in [-0.2, -0.15) is 0 Å². The quantitative estimate of drug-likeness (QED) is 0.349. The molecule has 3 aromatic rings. The topological polar surface area (TPSA) is 103 Å². The van der Waals surface area contributed by atoms with Gasteiger partial charge in [0.2, 0.25) is 0 Å². The molecule has 0 aliphatic carbocycles. The van der Waals surface area contributed by atoms with Crippen LogP contribution in [-0.4, -0.2) is 26.6 Å². The summed E-state index contributed by atoms with van der Waals surface area (Å²) in [7, 11) is 0. The maximum absolute atomic E-state index is 12.6. The summed E-state index contributed by atoms with van der Waals surface area (Å²) in [5.74, 6) is -0.512. The lowest BCUT2D eigenvalue weighted by molar-refractivity contribution is -0.385. The Morgan fingerprint density at radius 1 is 1.14 bits per heavy atom. The summed E-state index contributed by atoms with van der Waals surface area (Å²) in [6.07, 6.45) is 0. The SMILES string of the molecule is Cc1ccc(OCc2nc(CN3C(=O)c4cccc([N+](=O)[O-])c4C3=O)cs2)cc1. The molecule has 0 atom stereocenters. The highest BCUT2D eigenvalue weighted by atomic mass is 32.1. The molecule has 0 fully saturated rings. The van der Waals surface area contributed by atoms with Crippen LogP contribution in [0.4, 0.5) is 5.69 Å². The minimum Gasteiger partial charge on any atom is -0.486 e. The minimum atomic E-state index is -0.678. The molecule has 0 saturated carbocycles. The molecular weight excluding hydrogens is 394 g/mol. The molecule has 0 saturated heterocycles. The Bertz CT molecular complexity index is 1120. The first-order valence-corrected chi connectivity index (χ1v) is 9.58. The highest BCUT2D eigenvalue weighted by Crippen LogP contribution is 2.31. The Kier molecular flexibility index (Phi) is 4.81. The van der Waals surface area contributed by atoms with E-state index in [9.17, 15) is 19.7 Å². The number of aromatic nitrogens is 1. The van der Waals surface area contributed by atoms with Gasteiger partial charge in [0.25, 0.3) is 17.5 Å². The number of aryl methyl sites for hydroxylation is 1. The fourth-order valence-corrected chi connectivity index (χ4v) is 3.74. The van der Waals surface area contributed by atoms with Crippen molar-refractivity contribution >= 4 is 28.8 Å². The predicted octanol–water partition coefficient (Wildman–Crippen LogP) is 3.73. The van der Waals surface area contributed by atoms with Gasteiger partial charge in [-0.3, -0.25) is 24.6 Å². The van der Waals surface area contributed by atoms with E-state index in [0.717, 1.165) is 16.2 Å². The second kappa shape index (κ2) is 7.44.